The topological polar surface area (TPSA) is 104 Å². The second kappa shape index (κ2) is 9.17. The van der Waals surface area contributed by atoms with E-state index < -0.39 is 29.8 Å². The van der Waals surface area contributed by atoms with Crippen molar-refractivity contribution in [3.05, 3.63) is 83.3 Å². The van der Waals surface area contributed by atoms with Crippen LogP contribution in [0, 0.1) is 0 Å². The van der Waals surface area contributed by atoms with Gasteiger partial charge in [0.2, 0.25) is 0 Å². The molecule has 4 rings (SSSR count). The van der Waals surface area contributed by atoms with Crippen LogP contribution < -0.4 is 15.6 Å². The smallest absolute Gasteiger partial charge is 0.406 e. The number of alkyl halides is 3. The first kappa shape index (κ1) is 22.7. The molecule has 34 heavy (non-hydrogen) atoms. The van der Waals surface area contributed by atoms with E-state index in [-0.39, 0.29) is 5.82 Å². The summed E-state index contributed by atoms with van der Waals surface area (Å²) < 4.78 is 45.7. The number of pyridine rings is 3. The lowest BCUT2D eigenvalue weighted by Gasteiger charge is -2.11. The van der Waals surface area contributed by atoms with Gasteiger partial charge in [-0.2, -0.15) is 18.3 Å². The van der Waals surface area contributed by atoms with E-state index >= 15 is 0 Å². The van der Waals surface area contributed by atoms with Gasteiger partial charge in [0, 0.05) is 37.3 Å². The fourth-order valence-electron chi connectivity index (χ4n) is 3.05. The Morgan fingerprint density at radius 2 is 1.94 bits per heavy atom. The minimum absolute atomic E-state index is 0.0914. The molecule has 4 aromatic heterocycles. The maximum absolute atomic E-state index is 12.6. The fraction of sp³-hybridized carbons (Fsp3) is 0.136. The maximum Gasteiger partial charge on any atom is 0.406 e. The van der Waals surface area contributed by atoms with Crippen molar-refractivity contribution in [3.63, 3.8) is 0 Å². The van der Waals surface area contributed by atoms with Crippen LogP contribution in [-0.2, 0) is 13.6 Å². The number of nitrogens with one attached hydrogen (secondary N) is 1. The van der Waals surface area contributed by atoms with Crippen molar-refractivity contribution in [1.29, 1.82) is 0 Å². The molecule has 0 aliphatic rings. The van der Waals surface area contributed by atoms with Crippen molar-refractivity contribution in [3.8, 4) is 22.8 Å². The molecular formula is C22H17F3N6O3. The fourth-order valence-corrected chi connectivity index (χ4v) is 3.05. The van der Waals surface area contributed by atoms with Gasteiger partial charge in [0.05, 0.1) is 18.1 Å². The van der Waals surface area contributed by atoms with E-state index in [1.165, 1.54) is 18.3 Å². The van der Waals surface area contributed by atoms with E-state index in [0.29, 0.717) is 21.8 Å². The molecule has 4 heterocycles. The van der Waals surface area contributed by atoms with Crippen molar-refractivity contribution in [2.24, 2.45) is 7.05 Å². The summed E-state index contributed by atoms with van der Waals surface area (Å²) in [4.78, 5) is 33.0. The second-order valence-electron chi connectivity index (χ2n) is 7.18. The molecule has 0 fully saturated rings. The van der Waals surface area contributed by atoms with Gasteiger partial charge >= 0.3 is 6.18 Å². The van der Waals surface area contributed by atoms with Gasteiger partial charge in [-0.1, -0.05) is 0 Å². The number of aryl methyl sites for hydroxylation is 1. The Kier molecular flexibility index (Phi) is 6.13. The average molecular weight is 470 g/mol. The third-order valence-corrected chi connectivity index (χ3v) is 4.56. The van der Waals surface area contributed by atoms with Crippen molar-refractivity contribution in [2.45, 2.75) is 12.7 Å². The van der Waals surface area contributed by atoms with Crippen LogP contribution in [0.2, 0.25) is 0 Å². The first-order valence-electron chi connectivity index (χ1n) is 9.84. The Balaban J connectivity index is 1.44. The predicted octanol–water partition coefficient (Wildman–Crippen LogP) is 3.65. The highest BCUT2D eigenvalue weighted by atomic mass is 19.4. The Morgan fingerprint density at radius 3 is 2.62 bits per heavy atom. The Hall–Kier alpha value is -4.48. The lowest BCUT2D eigenvalue weighted by Crippen LogP contribution is -2.32. The van der Waals surface area contributed by atoms with E-state index in [9.17, 15) is 22.8 Å². The quantitative estimate of drug-likeness (QED) is 0.462. The van der Waals surface area contributed by atoms with Crippen molar-refractivity contribution in [2.75, 3.05) is 5.32 Å². The van der Waals surface area contributed by atoms with Crippen LogP contribution in [0.5, 0.6) is 11.5 Å². The van der Waals surface area contributed by atoms with Gasteiger partial charge in [0.1, 0.15) is 29.4 Å². The SMILES string of the molecule is Cn1cc(-c2cc(Oc3ccc(NC(=O)c4cccn(CC(F)(F)F)c4=O)nc3)ccn2)cn1. The highest BCUT2D eigenvalue weighted by Gasteiger charge is 2.29. The summed E-state index contributed by atoms with van der Waals surface area (Å²) in [7, 11) is 1.80. The van der Waals surface area contributed by atoms with Crippen LogP contribution in [0.3, 0.4) is 0 Å². The third kappa shape index (κ3) is 5.46. The number of hydrogen-bond donors (Lipinski definition) is 1. The number of carbonyl (C=O) groups is 1. The highest BCUT2D eigenvalue weighted by Crippen LogP contribution is 2.25. The molecule has 0 saturated heterocycles. The largest absolute Gasteiger partial charge is 0.456 e. The summed E-state index contributed by atoms with van der Waals surface area (Å²) in [5.74, 6) is 0.0854. The summed E-state index contributed by atoms with van der Waals surface area (Å²) >= 11 is 0. The summed E-state index contributed by atoms with van der Waals surface area (Å²) in [5.41, 5.74) is -0.00573. The van der Waals surface area contributed by atoms with E-state index in [2.05, 4.69) is 20.4 Å². The maximum atomic E-state index is 12.6. The highest BCUT2D eigenvalue weighted by molar-refractivity contribution is 6.03. The molecule has 174 valence electrons. The number of carbonyl (C=O) groups excluding carboxylic acids is 1. The Morgan fingerprint density at radius 1 is 1.12 bits per heavy atom. The first-order chi connectivity index (χ1) is 16.2. The van der Waals surface area contributed by atoms with Crippen LogP contribution in [0.15, 0.2) is 72.2 Å². The zero-order valence-electron chi connectivity index (χ0n) is 17.7. The molecule has 4 aromatic rings. The standard InChI is InChI=1S/C22H17F3N6O3/c1-30-12-14(10-28-30)18-9-15(6-7-26-18)34-16-4-5-19(27-11-16)29-20(32)17-3-2-8-31(21(17)33)13-22(23,24)25/h2-12H,13H2,1H3,(H,27,29,32). The molecule has 1 N–H and O–H groups in total. The third-order valence-electron chi connectivity index (χ3n) is 4.56. The molecule has 0 unspecified atom stereocenters. The number of aromatic nitrogens is 5. The number of hydrogen-bond acceptors (Lipinski definition) is 6. The molecule has 1 amide bonds. The number of amides is 1. The van der Waals surface area contributed by atoms with Crippen LogP contribution in [-0.4, -0.2) is 36.4 Å². The number of rotatable bonds is 6. The van der Waals surface area contributed by atoms with Crippen LogP contribution >= 0.6 is 0 Å². The van der Waals surface area contributed by atoms with E-state index in [4.69, 9.17) is 4.74 Å². The number of ether oxygens (including phenoxy) is 1. The van der Waals surface area contributed by atoms with Crippen molar-refractivity contribution >= 4 is 11.7 Å². The molecule has 12 heteroatoms. The molecule has 0 spiro atoms. The van der Waals surface area contributed by atoms with E-state index in [1.54, 1.807) is 42.3 Å². The second-order valence-corrected chi connectivity index (χ2v) is 7.18. The predicted molar refractivity (Wildman–Crippen MR) is 115 cm³/mol. The average Bonchev–Trinajstić information content (AvgIpc) is 3.22. The normalized spacial score (nSPS) is 11.3. The minimum atomic E-state index is -4.59. The van der Waals surface area contributed by atoms with Gasteiger partial charge in [-0.15, -0.1) is 0 Å². The zero-order chi connectivity index (χ0) is 24.3. The van der Waals surface area contributed by atoms with Gasteiger partial charge in [-0.25, -0.2) is 4.98 Å². The molecule has 0 radical (unpaired) electrons. The van der Waals surface area contributed by atoms with Gasteiger partial charge in [-0.3, -0.25) is 19.3 Å². The summed E-state index contributed by atoms with van der Waals surface area (Å²) in [5, 5.41) is 6.50. The van der Waals surface area contributed by atoms with Crippen molar-refractivity contribution < 1.29 is 22.7 Å². The number of halogens is 3. The van der Waals surface area contributed by atoms with Gasteiger partial charge < -0.3 is 14.6 Å². The molecule has 9 nitrogen and oxygen atoms in total. The molecule has 0 atom stereocenters. The van der Waals surface area contributed by atoms with Gasteiger partial charge in [-0.05, 0) is 30.3 Å². The van der Waals surface area contributed by atoms with Crippen LogP contribution in [0.1, 0.15) is 10.4 Å². The summed E-state index contributed by atoms with van der Waals surface area (Å²) in [6, 6.07) is 8.71. The minimum Gasteiger partial charge on any atom is -0.456 e. The summed E-state index contributed by atoms with van der Waals surface area (Å²) in [6.45, 7) is -1.49. The lowest BCUT2D eigenvalue weighted by atomic mass is 10.2. The van der Waals surface area contributed by atoms with Crippen LogP contribution in [0.25, 0.3) is 11.3 Å². The number of anilines is 1. The summed E-state index contributed by atoms with van der Waals surface area (Å²) in [6.07, 6.45) is 2.81. The molecule has 0 aliphatic heterocycles. The molecular weight excluding hydrogens is 453 g/mol. The van der Waals surface area contributed by atoms with E-state index in [0.717, 1.165) is 17.8 Å². The monoisotopic (exact) mass is 470 g/mol. The molecule has 0 aromatic carbocycles. The Bertz CT molecular complexity index is 1380. The first-order valence-corrected chi connectivity index (χ1v) is 9.84. The molecule has 0 aliphatic carbocycles. The molecule has 0 saturated carbocycles. The molecule has 0 bridgehead atoms. The van der Waals surface area contributed by atoms with Crippen LogP contribution in [0.4, 0.5) is 19.0 Å². The number of nitrogens with zero attached hydrogens (tertiary/aromatic N) is 5. The van der Waals surface area contributed by atoms with E-state index in [1.807, 2.05) is 6.20 Å². The zero-order valence-corrected chi connectivity index (χ0v) is 17.7. The van der Waals surface area contributed by atoms with Gasteiger partial charge in [0.15, 0.2) is 0 Å². The Labute approximate surface area is 190 Å². The lowest BCUT2D eigenvalue weighted by molar-refractivity contribution is -0.141. The van der Waals surface area contributed by atoms with Crippen molar-refractivity contribution in [1.82, 2.24) is 24.3 Å². The van der Waals surface area contributed by atoms with Gasteiger partial charge in [0.25, 0.3) is 11.5 Å².